The first-order valence-electron chi connectivity index (χ1n) is 17.3. The fourth-order valence-corrected chi connectivity index (χ4v) is 7.08. The van der Waals surface area contributed by atoms with Crippen molar-refractivity contribution in [3.8, 4) is 23.1 Å². The Bertz CT molecular complexity index is 2480. The van der Waals surface area contributed by atoms with E-state index in [-0.39, 0.29) is 26.5 Å². The molecular weight excluding hydrogens is 824 g/mol. The van der Waals surface area contributed by atoms with Crippen LogP contribution in [-0.2, 0) is 26.5 Å². The van der Waals surface area contributed by atoms with E-state index in [0.29, 0.717) is 17.4 Å². The van der Waals surface area contributed by atoms with E-state index in [9.17, 15) is 0 Å². The van der Waals surface area contributed by atoms with Crippen LogP contribution in [0, 0.1) is 53.4 Å². The number of hydrogen-bond donors (Lipinski definition) is 0. The summed E-state index contributed by atoms with van der Waals surface area (Å²) in [5.74, 6) is 1.88. The van der Waals surface area contributed by atoms with Crippen molar-refractivity contribution in [1.82, 2.24) is 19.3 Å². The summed E-state index contributed by atoms with van der Waals surface area (Å²) < 4.78 is 10.7. The van der Waals surface area contributed by atoms with Gasteiger partial charge in [0.25, 0.3) is 0 Å². The van der Waals surface area contributed by atoms with Crippen molar-refractivity contribution >= 4 is 33.2 Å². The molecule has 0 N–H and O–H groups in total. The molecule has 0 radical (unpaired) electrons. The van der Waals surface area contributed by atoms with E-state index in [1.807, 2.05) is 30.5 Å². The Morgan fingerprint density at radius 2 is 1.40 bits per heavy atom. The topological polar surface area (TPSA) is 51.4 Å². The van der Waals surface area contributed by atoms with Crippen LogP contribution in [0.2, 0.25) is 0 Å². The smallest absolute Gasteiger partial charge is 0.238 e. The number of benzene rings is 5. The summed E-state index contributed by atoms with van der Waals surface area (Å²) in [6.07, 6.45) is 5.91. The summed E-state index contributed by atoms with van der Waals surface area (Å²) in [5.41, 5.74) is 12.5. The molecule has 0 atom stereocenters. The van der Waals surface area contributed by atoms with Gasteiger partial charge in [-0.25, -0.2) is 0 Å². The molecule has 8 rings (SSSR count). The molecular formula is C44H41N6OPt-3. The van der Waals surface area contributed by atoms with Gasteiger partial charge in [0.15, 0.2) is 0 Å². The summed E-state index contributed by atoms with van der Waals surface area (Å²) in [6.45, 7) is 19.6. The first-order valence-corrected chi connectivity index (χ1v) is 17.3. The molecule has 7 nitrogen and oxygen atoms in total. The minimum absolute atomic E-state index is 0. The predicted molar refractivity (Wildman–Crippen MR) is 207 cm³/mol. The summed E-state index contributed by atoms with van der Waals surface area (Å²) in [5, 5.41) is 11.3. The zero-order valence-electron chi connectivity index (χ0n) is 30.7. The number of ether oxygens (including phenoxy) is 1. The van der Waals surface area contributed by atoms with Crippen molar-refractivity contribution in [3.05, 3.63) is 150 Å². The number of fused-ring (bicyclic) bond motifs is 3. The molecule has 0 aliphatic carbocycles. The fraction of sp³-hybridized carbons (Fsp3) is 0.205. The maximum atomic E-state index is 6.47. The summed E-state index contributed by atoms with van der Waals surface area (Å²) >= 11 is 0. The van der Waals surface area contributed by atoms with Crippen LogP contribution >= 0.6 is 0 Å². The van der Waals surface area contributed by atoms with Gasteiger partial charge in [-0.15, -0.1) is 58.3 Å². The fourth-order valence-electron chi connectivity index (χ4n) is 7.08. The summed E-state index contributed by atoms with van der Waals surface area (Å²) in [6, 6.07) is 34.4. The van der Waals surface area contributed by atoms with Gasteiger partial charge in [0.05, 0.1) is 5.69 Å². The van der Waals surface area contributed by atoms with Crippen LogP contribution in [-0.4, -0.2) is 19.3 Å². The third-order valence-corrected chi connectivity index (χ3v) is 9.86. The van der Waals surface area contributed by atoms with Crippen molar-refractivity contribution in [2.75, 3.05) is 9.80 Å². The van der Waals surface area contributed by atoms with Crippen molar-refractivity contribution < 1.29 is 25.8 Å². The number of aryl methyl sites for hydroxylation is 5. The minimum atomic E-state index is 0. The average molecular weight is 865 g/mol. The van der Waals surface area contributed by atoms with Gasteiger partial charge in [0.1, 0.15) is 6.33 Å². The van der Waals surface area contributed by atoms with Crippen LogP contribution in [0.15, 0.2) is 97.6 Å². The monoisotopic (exact) mass is 864 g/mol. The number of rotatable bonds is 6. The molecule has 266 valence electrons. The first-order chi connectivity index (χ1) is 24.5. The molecule has 0 spiro atoms. The average Bonchev–Trinajstić information content (AvgIpc) is 3.84. The molecule has 5 aromatic carbocycles. The van der Waals surface area contributed by atoms with Gasteiger partial charge >= 0.3 is 0 Å². The number of para-hydroxylation sites is 1. The zero-order valence-corrected chi connectivity index (χ0v) is 33.0. The minimum Gasteiger partial charge on any atom is -0.509 e. The van der Waals surface area contributed by atoms with Gasteiger partial charge in [-0.1, -0.05) is 62.7 Å². The van der Waals surface area contributed by atoms with E-state index in [4.69, 9.17) is 4.74 Å². The number of anilines is 2. The van der Waals surface area contributed by atoms with Gasteiger partial charge in [-0.2, -0.15) is 12.1 Å². The number of hydrogen-bond acceptors (Lipinski definition) is 5. The molecule has 3 heterocycles. The van der Waals surface area contributed by atoms with Crippen molar-refractivity contribution in [2.45, 2.75) is 60.8 Å². The molecule has 2 aromatic heterocycles. The van der Waals surface area contributed by atoms with Crippen molar-refractivity contribution in [1.29, 1.82) is 0 Å². The van der Waals surface area contributed by atoms with Gasteiger partial charge < -0.3 is 19.1 Å². The molecule has 1 aliphatic heterocycles. The summed E-state index contributed by atoms with van der Waals surface area (Å²) in [7, 11) is 0. The molecule has 8 heteroatoms. The van der Waals surface area contributed by atoms with Crippen LogP contribution in [0.3, 0.4) is 0 Å². The molecule has 0 amide bonds. The van der Waals surface area contributed by atoms with Crippen LogP contribution in [0.25, 0.3) is 33.4 Å². The number of nitrogens with zero attached hydrogens (tertiary/aromatic N) is 6. The zero-order chi connectivity index (χ0) is 35.6. The molecule has 0 fully saturated rings. The van der Waals surface area contributed by atoms with E-state index in [2.05, 4.69) is 164 Å². The third kappa shape index (κ3) is 6.22. The Hall–Kier alpha value is -5.13. The molecule has 0 saturated heterocycles. The second-order valence-corrected chi connectivity index (χ2v) is 14.6. The Kier molecular flexibility index (Phi) is 9.12. The Balaban J connectivity index is 0.00000420. The third-order valence-electron chi connectivity index (χ3n) is 9.86. The van der Waals surface area contributed by atoms with Crippen LogP contribution in [0.1, 0.15) is 54.2 Å². The SMILES string of the molecule is Cc1cc(C)c(N2C=CN(c3[c-]c(Oc4[c-]c5c(cc4)c4ccccc4n5-c4nncn4-c4c(C)cc(C(C)(C)C)cc4C)ccc3)[CH-]2)cc1C.[Pt]. The van der Waals surface area contributed by atoms with Gasteiger partial charge in [-0.3, -0.25) is 4.57 Å². The van der Waals surface area contributed by atoms with Crippen LogP contribution in [0.4, 0.5) is 11.4 Å². The predicted octanol–water partition coefficient (Wildman–Crippen LogP) is 10.5. The maximum absolute atomic E-state index is 6.47. The largest absolute Gasteiger partial charge is 0.509 e. The molecule has 0 unspecified atom stereocenters. The van der Waals surface area contributed by atoms with Gasteiger partial charge in [0, 0.05) is 43.8 Å². The van der Waals surface area contributed by atoms with E-state index >= 15 is 0 Å². The van der Waals surface area contributed by atoms with Crippen molar-refractivity contribution in [2.24, 2.45) is 0 Å². The quantitative estimate of drug-likeness (QED) is 0.156. The van der Waals surface area contributed by atoms with E-state index in [1.165, 1.54) is 33.4 Å². The Labute approximate surface area is 320 Å². The molecule has 7 aromatic rings. The molecule has 52 heavy (non-hydrogen) atoms. The van der Waals surface area contributed by atoms with Gasteiger partial charge in [-0.05, 0) is 103 Å². The molecule has 1 aliphatic rings. The number of aromatic nitrogens is 4. The van der Waals surface area contributed by atoms with Crippen LogP contribution in [0.5, 0.6) is 11.5 Å². The van der Waals surface area contributed by atoms with E-state index < -0.39 is 0 Å². The van der Waals surface area contributed by atoms with Gasteiger partial charge in [0.2, 0.25) is 5.95 Å². The molecule has 0 saturated carbocycles. The Morgan fingerprint density at radius 3 is 2.17 bits per heavy atom. The second-order valence-electron chi connectivity index (χ2n) is 14.6. The van der Waals surface area contributed by atoms with Crippen molar-refractivity contribution in [3.63, 3.8) is 0 Å². The van der Waals surface area contributed by atoms with Crippen LogP contribution < -0.4 is 14.5 Å². The first kappa shape index (κ1) is 35.3. The maximum Gasteiger partial charge on any atom is 0.238 e. The standard InChI is InChI=1S/C44H41N6O.Pt/c1-28-20-30(3)40(23-29(28)2)48-19-18-47(27-48)34-12-11-13-35(24-34)51-36-16-17-38-37-14-9-10-15-39(37)50(41(38)25-36)43-46-45-26-49(43)42-31(4)21-33(22-32(42)5)44(6,7)8;/h9-23,26-27H,1-8H3;/q-3;. The van der Waals surface area contributed by atoms with E-state index in [0.717, 1.165) is 38.9 Å². The normalized spacial score (nSPS) is 13.0. The Morgan fingerprint density at radius 1 is 0.692 bits per heavy atom. The second kappa shape index (κ2) is 13.4. The molecule has 0 bridgehead atoms. The summed E-state index contributed by atoms with van der Waals surface area (Å²) in [4.78, 5) is 4.20. The van der Waals surface area contributed by atoms with E-state index in [1.54, 1.807) is 6.33 Å².